The molecule has 0 atom stereocenters. The van der Waals surface area contributed by atoms with E-state index in [1.807, 2.05) is 0 Å². The summed E-state index contributed by atoms with van der Waals surface area (Å²) < 4.78 is 0. The first-order chi connectivity index (χ1) is 9.56. The second-order valence-electron chi connectivity index (χ2n) is 4.13. The molecule has 102 valence electrons. The Morgan fingerprint density at radius 2 is 1.80 bits per heavy atom. The zero-order valence-corrected chi connectivity index (χ0v) is 10.4. The molecule has 1 aromatic carbocycles. The lowest BCUT2D eigenvalue weighted by atomic mass is 10.1. The zero-order chi connectivity index (χ0) is 14.5. The predicted octanol–water partition coefficient (Wildman–Crippen LogP) is 1.00. The molecule has 1 aromatic heterocycles. The number of carbonyl (C=O) groups excluding carboxylic acids is 1. The van der Waals surface area contributed by atoms with Gasteiger partial charge in [-0.3, -0.25) is 9.59 Å². The molecule has 2 rings (SSSR count). The number of hydrogen-bond acceptors (Lipinski definition) is 3. The highest BCUT2D eigenvalue weighted by Gasteiger charge is 2.06. The van der Waals surface area contributed by atoms with Gasteiger partial charge in [-0.1, -0.05) is 12.1 Å². The van der Waals surface area contributed by atoms with Crippen molar-refractivity contribution >= 4 is 11.9 Å². The summed E-state index contributed by atoms with van der Waals surface area (Å²) in [6, 6.07) is 8.91. The lowest BCUT2D eigenvalue weighted by molar-refractivity contribution is 0.0696. The van der Waals surface area contributed by atoms with Gasteiger partial charge < -0.3 is 15.4 Å². The molecule has 0 saturated heterocycles. The molecule has 6 nitrogen and oxygen atoms in total. The number of pyridine rings is 1. The summed E-state index contributed by atoms with van der Waals surface area (Å²) in [6.07, 6.45) is 1.40. The van der Waals surface area contributed by atoms with E-state index >= 15 is 0 Å². The van der Waals surface area contributed by atoms with Gasteiger partial charge in [0.1, 0.15) is 0 Å². The van der Waals surface area contributed by atoms with Crippen molar-refractivity contribution in [3.63, 3.8) is 0 Å². The highest BCUT2D eigenvalue weighted by Crippen LogP contribution is 2.04. The fourth-order valence-electron chi connectivity index (χ4n) is 1.64. The summed E-state index contributed by atoms with van der Waals surface area (Å²) in [6.45, 7) is 0.255. The summed E-state index contributed by atoms with van der Waals surface area (Å²) in [5.74, 6) is -1.36. The van der Waals surface area contributed by atoms with E-state index in [9.17, 15) is 14.4 Å². The van der Waals surface area contributed by atoms with Crippen LogP contribution in [0, 0.1) is 0 Å². The Labute approximate surface area is 114 Å². The quantitative estimate of drug-likeness (QED) is 0.773. The molecule has 0 unspecified atom stereocenters. The van der Waals surface area contributed by atoms with Gasteiger partial charge in [-0.15, -0.1) is 0 Å². The third-order valence-electron chi connectivity index (χ3n) is 2.69. The minimum absolute atomic E-state index is 0.190. The third kappa shape index (κ3) is 3.32. The highest BCUT2D eigenvalue weighted by molar-refractivity contribution is 5.93. The lowest BCUT2D eigenvalue weighted by Gasteiger charge is -2.05. The Kier molecular flexibility index (Phi) is 3.95. The fourth-order valence-corrected chi connectivity index (χ4v) is 1.64. The van der Waals surface area contributed by atoms with Crippen molar-refractivity contribution < 1.29 is 14.7 Å². The van der Waals surface area contributed by atoms with Gasteiger partial charge in [0.15, 0.2) is 0 Å². The van der Waals surface area contributed by atoms with Crippen LogP contribution in [0.3, 0.4) is 0 Å². The number of carboxylic acid groups (broad SMARTS) is 1. The van der Waals surface area contributed by atoms with Crippen LogP contribution in [0.4, 0.5) is 0 Å². The van der Waals surface area contributed by atoms with Gasteiger partial charge in [0.05, 0.1) is 5.56 Å². The topological polar surface area (TPSA) is 99.3 Å². The molecule has 1 heterocycles. The Morgan fingerprint density at radius 1 is 1.10 bits per heavy atom. The normalized spacial score (nSPS) is 10.0. The number of amides is 1. The van der Waals surface area contributed by atoms with Gasteiger partial charge in [0, 0.05) is 24.4 Å². The molecule has 0 fully saturated rings. The molecule has 0 spiro atoms. The van der Waals surface area contributed by atoms with E-state index in [-0.39, 0.29) is 29.1 Å². The Balaban J connectivity index is 2.00. The number of benzene rings is 1. The molecule has 0 bridgehead atoms. The van der Waals surface area contributed by atoms with Crippen LogP contribution in [0.2, 0.25) is 0 Å². The maximum atomic E-state index is 11.8. The number of aromatic nitrogens is 1. The summed E-state index contributed by atoms with van der Waals surface area (Å²) in [5.41, 5.74) is 0.891. The molecule has 1 amide bonds. The Hall–Kier alpha value is -2.89. The highest BCUT2D eigenvalue weighted by atomic mass is 16.4. The van der Waals surface area contributed by atoms with Crippen molar-refractivity contribution in [1.82, 2.24) is 10.3 Å². The van der Waals surface area contributed by atoms with Crippen molar-refractivity contribution in [3.8, 4) is 0 Å². The van der Waals surface area contributed by atoms with E-state index in [1.165, 1.54) is 30.5 Å². The standard InChI is InChI=1S/C14H12N2O4/c17-12-7-11(5-6-15-12)13(18)16-8-9-1-3-10(4-2-9)14(19)20/h1-7H,8H2,(H,15,17)(H,16,18)(H,19,20). The van der Waals surface area contributed by atoms with Crippen LogP contribution < -0.4 is 10.9 Å². The first kappa shape index (κ1) is 13.5. The van der Waals surface area contributed by atoms with Crippen LogP contribution in [0.5, 0.6) is 0 Å². The van der Waals surface area contributed by atoms with E-state index in [0.717, 1.165) is 5.56 Å². The number of aromatic amines is 1. The average Bonchev–Trinajstić information content (AvgIpc) is 2.45. The number of aromatic carboxylic acids is 1. The third-order valence-corrected chi connectivity index (χ3v) is 2.69. The van der Waals surface area contributed by atoms with Gasteiger partial charge in [-0.25, -0.2) is 4.79 Å². The molecular weight excluding hydrogens is 260 g/mol. The summed E-state index contributed by atoms with van der Waals surface area (Å²) in [4.78, 5) is 36.0. The molecule has 20 heavy (non-hydrogen) atoms. The van der Waals surface area contributed by atoms with E-state index in [1.54, 1.807) is 12.1 Å². The van der Waals surface area contributed by atoms with E-state index in [4.69, 9.17) is 5.11 Å². The number of hydrogen-bond donors (Lipinski definition) is 3. The predicted molar refractivity (Wildman–Crippen MR) is 71.6 cm³/mol. The van der Waals surface area contributed by atoms with Gasteiger partial charge in [0.2, 0.25) is 5.56 Å². The SMILES string of the molecule is O=C(O)c1ccc(CNC(=O)c2cc[nH]c(=O)c2)cc1. The maximum Gasteiger partial charge on any atom is 0.335 e. The molecule has 3 N–H and O–H groups in total. The van der Waals surface area contributed by atoms with Crippen LogP contribution in [-0.4, -0.2) is 22.0 Å². The molecule has 0 aliphatic heterocycles. The van der Waals surface area contributed by atoms with Gasteiger partial charge in [-0.2, -0.15) is 0 Å². The Bertz CT molecular complexity index is 689. The second-order valence-corrected chi connectivity index (χ2v) is 4.13. The van der Waals surface area contributed by atoms with Crippen molar-refractivity contribution in [2.24, 2.45) is 0 Å². The van der Waals surface area contributed by atoms with Crippen LogP contribution in [0.15, 0.2) is 47.4 Å². The number of nitrogens with one attached hydrogen (secondary N) is 2. The van der Waals surface area contributed by atoms with E-state index in [2.05, 4.69) is 10.3 Å². The van der Waals surface area contributed by atoms with Crippen molar-refractivity contribution in [1.29, 1.82) is 0 Å². The Morgan fingerprint density at radius 3 is 2.40 bits per heavy atom. The van der Waals surface area contributed by atoms with Crippen molar-refractivity contribution in [2.75, 3.05) is 0 Å². The van der Waals surface area contributed by atoms with Crippen molar-refractivity contribution in [2.45, 2.75) is 6.54 Å². The van der Waals surface area contributed by atoms with Crippen molar-refractivity contribution in [3.05, 3.63) is 69.6 Å². The summed E-state index contributed by atoms with van der Waals surface area (Å²) in [5, 5.41) is 11.4. The van der Waals surface area contributed by atoms with E-state index in [0.29, 0.717) is 0 Å². The first-order valence-corrected chi connectivity index (χ1v) is 5.85. The molecule has 0 aliphatic rings. The smallest absolute Gasteiger partial charge is 0.335 e. The molecule has 6 heteroatoms. The van der Waals surface area contributed by atoms with Gasteiger partial charge in [0.25, 0.3) is 5.91 Å². The average molecular weight is 272 g/mol. The first-order valence-electron chi connectivity index (χ1n) is 5.85. The van der Waals surface area contributed by atoms with E-state index < -0.39 is 5.97 Å². The minimum atomic E-state index is -0.996. The number of carbonyl (C=O) groups is 2. The fraction of sp³-hybridized carbons (Fsp3) is 0.0714. The zero-order valence-electron chi connectivity index (χ0n) is 10.4. The lowest BCUT2D eigenvalue weighted by Crippen LogP contribution is -2.24. The second kappa shape index (κ2) is 5.83. The van der Waals surface area contributed by atoms with Gasteiger partial charge in [-0.05, 0) is 23.8 Å². The largest absolute Gasteiger partial charge is 0.478 e. The molecule has 0 radical (unpaired) electrons. The van der Waals surface area contributed by atoms with Crippen LogP contribution in [0.25, 0.3) is 0 Å². The van der Waals surface area contributed by atoms with Crippen LogP contribution >= 0.6 is 0 Å². The minimum Gasteiger partial charge on any atom is -0.478 e. The molecule has 0 aliphatic carbocycles. The monoisotopic (exact) mass is 272 g/mol. The van der Waals surface area contributed by atoms with Crippen LogP contribution in [0.1, 0.15) is 26.3 Å². The summed E-state index contributed by atoms with van der Waals surface area (Å²) >= 11 is 0. The molecule has 2 aromatic rings. The number of rotatable bonds is 4. The summed E-state index contributed by atoms with van der Waals surface area (Å²) in [7, 11) is 0. The molecular formula is C14H12N2O4. The van der Waals surface area contributed by atoms with Gasteiger partial charge >= 0.3 is 5.97 Å². The number of H-pyrrole nitrogens is 1. The molecule has 0 saturated carbocycles. The van der Waals surface area contributed by atoms with Crippen LogP contribution in [-0.2, 0) is 6.54 Å². The number of carboxylic acids is 1. The maximum absolute atomic E-state index is 11.8.